The van der Waals surface area contributed by atoms with Crippen LogP contribution in [0.2, 0.25) is 0 Å². The second-order valence-corrected chi connectivity index (χ2v) is 18.4. The maximum Gasteiger partial charge on any atom is 0.312 e. The van der Waals surface area contributed by atoms with Crippen molar-refractivity contribution in [2.45, 2.75) is 85.6 Å². The third-order valence-corrected chi connectivity index (χ3v) is 14.2. The molecule has 5 aliphatic rings. The van der Waals surface area contributed by atoms with Crippen molar-refractivity contribution in [2.75, 3.05) is 49.4 Å². The Balaban J connectivity index is 1.46. The fourth-order valence-electron chi connectivity index (χ4n) is 8.98. The van der Waals surface area contributed by atoms with Crippen LogP contribution in [0.15, 0.2) is 53.1 Å². The van der Waals surface area contributed by atoms with Gasteiger partial charge in [0.2, 0.25) is 5.43 Å². The summed E-state index contributed by atoms with van der Waals surface area (Å²) in [7, 11) is 5.46. The highest BCUT2D eigenvalue weighted by molar-refractivity contribution is 7.22. The van der Waals surface area contributed by atoms with Crippen molar-refractivity contribution in [3.8, 4) is 22.1 Å². The fraction of sp³-hybridized carbons (Fsp3) is 0.468. The molecule has 15 nitrogen and oxygen atoms in total. The van der Waals surface area contributed by atoms with Crippen LogP contribution in [0.5, 0.6) is 11.5 Å². The Hall–Kier alpha value is -5.55. The number of hydrogen-bond acceptors (Lipinski definition) is 15. The summed E-state index contributed by atoms with van der Waals surface area (Å²) < 4.78 is 24.7. The summed E-state index contributed by atoms with van der Waals surface area (Å²) in [6, 6.07) is 3.95. The van der Waals surface area contributed by atoms with Gasteiger partial charge in [-0.1, -0.05) is 45.9 Å². The molecule has 0 aromatic heterocycles. The number of allylic oxidation sites excluding steroid dienone is 2. The lowest BCUT2D eigenvalue weighted by molar-refractivity contribution is -0.160. The van der Waals surface area contributed by atoms with Crippen molar-refractivity contribution in [1.29, 1.82) is 0 Å². The number of hydrogen-bond donors (Lipinski definition) is 4. The normalized spacial score (nSPS) is 30.1. The van der Waals surface area contributed by atoms with Crippen LogP contribution in [0.25, 0.3) is 31.6 Å². The van der Waals surface area contributed by atoms with E-state index in [1.807, 2.05) is 26.2 Å². The van der Waals surface area contributed by atoms with Gasteiger partial charge in [0, 0.05) is 88.3 Å². The monoisotopic (exact) mass is 884 g/mol. The number of benzene rings is 3. The molecule has 9 atom stereocenters. The Labute approximate surface area is 369 Å². The van der Waals surface area contributed by atoms with Gasteiger partial charge in [-0.3, -0.25) is 19.2 Å². The molecule has 4 bridgehead atoms. The van der Waals surface area contributed by atoms with E-state index >= 15 is 0 Å². The number of anilines is 3. The molecule has 0 fully saturated rings. The summed E-state index contributed by atoms with van der Waals surface area (Å²) in [4.78, 5) is 65.7. The smallest absolute Gasteiger partial charge is 0.312 e. The molecule has 2 aromatic carbocycles. The maximum absolute atomic E-state index is 14.8. The largest absolute Gasteiger partial charge is 0.507 e. The minimum Gasteiger partial charge on any atom is -0.507 e. The van der Waals surface area contributed by atoms with Crippen LogP contribution in [-0.2, 0) is 23.8 Å². The number of phenols is 1. The van der Waals surface area contributed by atoms with E-state index in [0.29, 0.717) is 10.2 Å². The predicted octanol–water partition coefficient (Wildman–Crippen LogP) is 6.30. The van der Waals surface area contributed by atoms with Gasteiger partial charge < -0.3 is 49.4 Å². The number of esters is 1. The van der Waals surface area contributed by atoms with Crippen molar-refractivity contribution in [1.82, 2.24) is 4.98 Å². The Bertz CT molecular complexity index is 2640. The van der Waals surface area contributed by atoms with Gasteiger partial charge in [-0.15, -0.1) is 11.3 Å². The second-order valence-electron chi connectivity index (χ2n) is 17.4. The lowest BCUT2D eigenvalue weighted by Crippen LogP contribution is -2.46. The van der Waals surface area contributed by atoms with Gasteiger partial charge in [0.25, 0.3) is 11.7 Å². The Morgan fingerprint density at radius 3 is 2.29 bits per heavy atom. The van der Waals surface area contributed by atoms with Crippen molar-refractivity contribution in [2.24, 2.45) is 23.7 Å². The Kier molecular flexibility index (Phi) is 12.4. The van der Waals surface area contributed by atoms with Crippen LogP contribution in [-0.4, -0.2) is 102 Å². The van der Waals surface area contributed by atoms with Crippen molar-refractivity contribution in [3.63, 3.8) is 0 Å². The molecule has 0 saturated carbocycles. The lowest BCUT2D eigenvalue weighted by Gasteiger charge is -2.38. The van der Waals surface area contributed by atoms with E-state index in [0.717, 1.165) is 24.5 Å². The molecule has 4 heterocycles. The summed E-state index contributed by atoms with van der Waals surface area (Å²) in [5.41, 5.74) is 2.14. The fourth-order valence-corrected chi connectivity index (χ4v) is 10.1. The molecule has 4 N–H and O–H groups in total. The maximum atomic E-state index is 14.8. The van der Waals surface area contributed by atoms with Crippen LogP contribution < -0.4 is 25.3 Å². The minimum atomic E-state index is -2.00. The number of methoxy groups -OCH3 is 1. The molecule has 2 aromatic rings. The molecule has 0 unspecified atom stereocenters. The van der Waals surface area contributed by atoms with E-state index in [9.17, 15) is 34.5 Å². The number of aliphatic hydroxyl groups excluding tert-OH is 2. The summed E-state index contributed by atoms with van der Waals surface area (Å²) in [5, 5.41) is 37.5. The van der Waals surface area contributed by atoms with E-state index in [1.165, 1.54) is 51.6 Å². The summed E-state index contributed by atoms with van der Waals surface area (Å²) in [6.45, 7) is 14.4. The lowest BCUT2D eigenvalue weighted by atomic mass is 9.78. The molecule has 0 saturated heterocycles. The molecule has 0 spiro atoms. The standard InChI is InChI=1S/C47H56N4O11S/c1-21-13-12-14-22(2)46(58)49-37-41(56)34-33(36-44(37)63-32-20-30-29(19-28(32)48-36)50(9)16-17-51(30)10)35-43(26(6)40(34)55)62-47(8,45(35)57)60-18-15-31(59-11)23(3)42(61-27(7)52)25(5)39(54)24(4)38(21)53/h12-15,18-21,23-25,31,38-39,42,53-55H,16-17H2,1-11H3,(H,49,58)/b13-12+,18-15+,22-14-/t21-,23+,24+,25+,31-,38-,39+,42+,47-/m0/s1. The van der Waals surface area contributed by atoms with Crippen LogP contribution in [0.1, 0.15) is 64.4 Å². The number of phenolic OH excluding ortho intramolecular Hbond substituents is 1. The molecule has 1 amide bonds. The first kappa shape index (κ1) is 45.5. The average Bonchev–Trinajstić information content (AvgIpc) is 3.51. The number of amides is 1. The number of nitrogens with one attached hydrogen (secondary N) is 1. The van der Waals surface area contributed by atoms with Gasteiger partial charge in [-0.05, 0) is 32.1 Å². The zero-order valence-corrected chi connectivity index (χ0v) is 38.2. The number of aliphatic hydroxyl groups is 2. The van der Waals surface area contributed by atoms with E-state index < -0.39 is 82.7 Å². The summed E-state index contributed by atoms with van der Waals surface area (Å²) in [6.07, 6.45) is 3.83. The Morgan fingerprint density at radius 2 is 1.63 bits per heavy atom. The quantitative estimate of drug-likeness (QED) is 0.0994. The SMILES string of the molecule is CO[C@H]1/C=C/O[C@@]2(C)Oc3c(C)c(O)c4c(=O)c(c5sc6cc7c(cc6nc-5c4c3C2=O)N(C)CCN7C)NC(=O)/C(C)=C\C=C\[C@H](C)[C@H](O)[C@@H](C)[C@@H](O)[C@@H](C)[C@H](OC(C)=O)[C@@H]1C. The topological polar surface area (TPSA) is 197 Å². The van der Waals surface area contributed by atoms with Gasteiger partial charge in [0.15, 0.2) is 0 Å². The van der Waals surface area contributed by atoms with Crippen LogP contribution >= 0.6 is 11.3 Å². The van der Waals surface area contributed by atoms with Gasteiger partial charge in [-0.2, -0.15) is 0 Å². The first-order valence-corrected chi connectivity index (χ1v) is 21.9. The van der Waals surface area contributed by atoms with E-state index in [4.69, 9.17) is 23.9 Å². The minimum absolute atomic E-state index is 0.00750. The van der Waals surface area contributed by atoms with Gasteiger partial charge >= 0.3 is 11.8 Å². The Morgan fingerprint density at radius 1 is 0.968 bits per heavy atom. The molecular formula is C47H56N4O11S. The number of ether oxygens (including phenoxy) is 4. The van der Waals surface area contributed by atoms with Gasteiger partial charge in [-0.25, -0.2) is 4.98 Å². The third-order valence-electron chi connectivity index (χ3n) is 13.0. The van der Waals surface area contributed by atoms with Crippen LogP contribution in [0.4, 0.5) is 17.1 Å². The molecule has 63 heavy (non-hydrogen) atoms. The van der Waals surface area contributed by atoms with Crippen molar-refractivity contribution >= 4 is 67.0 Å². The number of likely N-dealkylation sites (N-methyl/N-ethyl adjacent to an activating group) is 2. The molecular weight excluding hydrogens is 829 g/mol. The van der Waals surface area contributed by atoms with Crippen LogP contribution in [0.3, 0.4) is 0 Å². The molecule has 16 heteroatoms. The number of rotatable bonds is 2. The first-order valence-electron chi connectivity index (χ1n) is 21.1. The summed E-state index contributed by atoms with van der Waals surface area (Å²) in [5.74, 6) is -6.69. The number of fused-ring (bicyclic) bond motifs is 3. The molecule has 1 aliphatic carbocycles. The number of Topliss-reactive ketones (excluding diaryl/α,β-unsaturated/α-hetero) is 1. The molecule has 0 radical (unpaired) electrons. The number of nitrogens with zero attached hydrogens (tertiary/aromatic N) is 3. The van der Waals surface area contributed by atoms with E-state index in [1.54, 1.807) is 52.8 Å². The number of carbonyl (C=O) groups excluding carboxylic acids is 3. The van der Waals surface area contributed by atoms with Crippen LogP contribution in [0, 0.1) is 30.6 Å². The van der Waals surface area contributed by atoms with E-state index in [-0.39, 0.29) is 49.5 Å². The van der Waals surface area contributed by atoms with Crippen molar-refractivity contribution < 1.29 is 48.7 Å². The second kappa shape index (κ2) is 17.2. The zero-order chi connectivity index (χ0) is 46.0. The third kappa shape index (κ3) is 7.91. The van der Waals surface area contributed by atoms with E-state index in [2.05, 4.69) is 15.1 Å². The first-order chi connectivity index (χ1) is 29.7. The predicted molar refractivity (Wildman–Crippen MR) is 243 cm³/mol. The highest BCUT2D eigenvalue weighted by atomic mass is 32.1. The van der Waals surface area contributed by atoms with Gasteiger partial charge in [0.1, 0.15) is 23.3 Å². The molecule has 4 aliphatic heterocycles. The van der Waals surface area contributed by atoms with Crippen molar-refractivity contribution in [3.05, 3.63) is 69.6 Å². The number of ketones is 1. The number of aromatic nitrogens is 1. The number of aromatic hydroxyl groups is 1. The highest BCUT2D eigenvalue weighted by Crippen LogP contribution is 2.52. The highest BCUT2D eigenvalue weighted by Gasteiger charge is 2.50. The zero-order valence-electron chi connectivity index (χ0n) is 37.4. The summed E-state index contributed by atoms with van der Waals surface area (Å²) >= 11 is 1.23. The molecule has 336 valence electrons. The average molecular weight is 885 g/mol. The van der Waals surface area contributed by atoms with Gasteiger partial charge in [0.05, 0.1) is 67.7 Å². The molecule has 7 rings (SSSR count). The number of carbonyl (C=O) groups is 3.